The second-order valence-electron chi connectivity index (χ2n) is 4.22. The first-order valence-electron chi connectivity index (χ1n) is 5.25. The molecular weight excluding hydrogens is 191 g/mol. The number of furan rings is 1. The quantitative estimate of drug-likeness (QED) is 0.735. The summed E-state index contributed by atoms with van der Waals surface area (Å²) >= 11 is 0. The number of halogens is 1. The lowest BCUT2D eigenvalue weighted by Gasteiger charge is -2.17. The summed E-state index contributed by atoms with van der Waals surface area (Å²) in [7, 11) is 0. The SMILES string of the molecule is CC(C)C(CF)c1ccc2occc2c1. The fourth-order valence-electron chi connectivity index (χ4n) is 1.87. The molecule has 80 valence electrons. The molecule has 1 nitrogen and oxygen atoms in total. The molecule has 0 amide bonds. The minimum Gasteiger partial charge on any atom is -0.464 e. The average Bonchev–Trinajstić information content (AvgIpc) is 2.65. The highest BCUT2D eigenvalue weighted by Gasteiger charge is 2.16. The molecule has 0 aliphatic heterocycles. The van der Waals surface area contributed by atoms with Gasteiger partial charge in [-0.15, -0.1) is 0 Å². The molecule has 0 fully saturated rings. The summed E-state index contributed by atoms with van der Waals surface area (Å²) in [6.07, 6.45) is 1.66. The van der Waals surface area contributed by atoms with Crippen LogP contribution < -0.4 is 0 Å². The molecule has 0 N–H and O–H groups in total. The Bertz CT molecular complexity index is 444. The van der Waals surface area contributed by atoms with Crippen LogP contribution >= 0.6 is 0 Å². The summed E-state index contributed by atoms with van der Waals surface area (Å²) in [6.45, 7) is 3.79. The van der Waals surface area contributed by atoms with Gasteiger partial charge in [-0.3, -0.25) is 4.39 Å². The number of hydrogen-bond donors (Lipinski definition) is 0. The Morgan fingerprint density at radius 3 is 2.73 bits per heavy atom. The largest absolute Gasteiger partial charge is 0.464 e. The van der Waals surface area contributed by atoms with Crippen LogP contribution in [0.2, 0.25) is 0 Å². The van der Waals surface area contributed by atoms with Crippen molar-refractivity contribution in [1.29, 1.82) is 0 Å². The highest BCUT2D eigenvalue weighted by Crippen LogP contribution is 2.28. The lowest BCUT2D eigenvalue weighted by atomic mass is 9.89. The fraction of sp³-hybridized carbons (Fsp3) is 0.385. The van der Waals surface area contributed by atoms with Gasteiger partial charge in [0, 0.05) is 11.3 Å². The Morgan fingerprint density at radius 2 is 2.07 bits per heavy atom. The zero-order valence-corrected chi connectivity index (χ0v) is 9.03. The summed E-state index contributed by atoms with van der Waals surface area (Å²) in [5.41, 5.74) is 1.92. The van der Waals surface area contributed by atoms with Crippen molar-refractivity contribution in [2.75, 3.05) is 6.67 Å². The minimum absolute atomic E-state index is 0.00991. The Kier molecular flexibility index (Phi) is 2.76. The van der Waals surface area contributed by atoms with Crippen molar-refractivity contribution in [2.45, 2.75) is 19.8 Å². The van der Waals surface area contributed by atoms with Gasteiger partial charge in [0.25, 0.3) is 0 Å². The van der Waals surface area contributed by atoms with Crippen LogP contribution in [0.4, 0.5) is 4.39 Å². The number of hydrogen-bond acceptors (Lipinski definition) is 1. The van der Waals surface area contributed by atoms with Gasteiger partial charge in [-0.1, -0.05) is 19.9 Å². The van der Waals surface area contributed by atoms with Gasteiger partial charge in [-0.2, -0.15) is 0 Å². The molecule has 0 aliphatic rings. The van der Waals surface area contributed by atoms with Gasteiger partial charge in [0.05, 0.1) is 12.9 Å². The monoisotopic (exact) mass is 206 g/mol. The van der Waals surface area contributed by atoms with E-state index in [1.54, 1.807) is 6.26 Å². The second-order valence-corrected chi connectivity index (χ2v) is 4.22. The van der Waals surface area contributed by atoms with Crippen LogP contribution in [0.1, 0.15) is 25.3 Å². The molecule has 1 aromatic carbocycles. The highest BCUT2D eigenvalue weighted by molar-refractivity contribution is 5.77. The number of fused-ring (bicyclic) bond motifs is 1. The number of alkyl halides is 1. The maximum atomic E-state index is 12.9. The molecule has 0 aliphatic carbocycles. The predicted molar refractivity (Wildman–Crippen MR) is 59.8 cm³/mol. The highest BCUT2D eigenvalue weighted by atomic mass is 19.1. The summed E-state index contributed by atoms with van der Waals surface area (Å²) in [5.74, 6) is 0.309. The van der Waals surface area contributed by atoms with Crippen molar-refractivity contribution < 1.29 is 8.81 Å². The standard InChI is InChI=1S/C13H15FO/c1-9(2)12(8-14)10-3-4-13-11(7-10)5-6-15-13/h3-7,9,12H,8H2,1-2H3. The van der Waals surface area contributed by atoms with Crippen LogP contribution in [0.3, 0.4) is 0 Å². The zero-order valence-electron chi connectivity index (χ0n) is 9.03. The van der Waals surface area contributed by atoms with Gasteiger partial charge in [0.2, 0.25) is 0 Å². The molecular formula is C13H15FO. The first-order valence-corrected chi connectivity index (χ1v) is 5.25. The smallest absolute Gasteiger partial charge is 0.133 e. The van der Waals surface area contributed by atoms with Gasteiger partial charge < -0.3 is 4.42 Å². The summed E-state index contributed by atoms with van der Waals surface area (Å²) in [4.78, 5) is 0. The Labute approximate surface area is 88.9 Å². The van der Waals surface area contributed by atoms with E-state index in [-0.39, 0.29) is 12.6 Å². The van der Waals surface area contributed by atoms with Crippen molar-refractivity contribution >= 4 is 11.0 Å². The van der Waals surface area contributed by atoms with Crippen molar-refractivity contribution in [3.63, 3.8) is 0 Å². The van der Waals surface area contributed by atoms with Gasteiger partial charge in [-0.05, 0) is 29.7 Å². The molecule has 1 aromatic heterocycles. The van der Waals surface area contributed by atoms with E-state index in [2.05, 4.69) is 0 Å². The van der Waals surface area contributed by atoms with Crippen LogP contribution in [0.15, 0.2) is 34.9 Å². The molecule has 0 bridgehead atoms. The zero-order chi connectivity index (χ0) is 10.8. The topological polar surface area (TPSA) is 13.1 Å². The van der Waals surface area contributed by atoms with E-state index in [0.717, 1.165) is 16.5 Å². The van der Waals surface area contributed by atoms with Gasteiger partial charge >= 0.3 is 0 Å². The van der Waals surface area contributed by atoms with Gasteiger partial charge in [-0.25, -0.2) is 0 Å². The van der Waals surface area contributed by atoms with E-state index in [0.29, 0.717) is 5.92 Å². The van der Waals surface area contributed by atoms with Crippen LogP contribution in [-0.4, -0.2) is 6.67 Å². The fourth-order valence-corrected chi connectivity index (χ4v) is 1.87. The second kappa shape index (κ2) is 4.05. The van der Waals surface area contributed by atoms with Crippen LogP contribution in [0, 0.1) is 5.92 Å². The molecule has 1 atom stereocenters. The molecule has 0 saturated heterocycles. The van der Waals surface area contributed by atoms with E-state index in [9.17, 15) is 4.39 Å². The van der Waals surface area contributed by atoms with E-state index < -0.39 is 0 Å². The predicted octanol–water partition coefficient (Wildman–Crippen LogP) is 4.14. The first-order chi connectivity index (χ1) is 7.22. The normalized spacial score (nSPS) is 13.6. The Balaban J connectivity index is 2.41. The molecule has 0 spiro atoms. The van der Waals surface area contributed by atoms with Crippen molar-refractivity contribution in [1.82, 2.24) is 0 Å². The Hall–Kier alpha value is -1.31. The van der Waals surface area contributed by atoms with E-state index in [1.165, 1.54) is 0 Å². The van der Waals surface area contributed by atoms with E-state index in [4.69, 9.17) is 4.42 Å². The summed E-state index contributed by atoms with van der Waals surface area (Å²) in [5, 5.41) is 1.05. The third-order valence-electron chi connectivity index (χ3n) is 2.88. The van der Waals surface area contributed by atoms with E-state index >= 15 is 0 Å². The molecule has 0 saturated carbocycles. The minimum atomic E-state index is -0.305. The van der Waals surface area contributed by atoms with Crippen LogP contribution in [-0.2, 0) is 0 Å². The number of rotatable bonds is 3. The lowest BCUT2D eigenvalue weighted by Crippen LogP contribution is -2.08. The molecule has 2 aromatic rings. The van der Waals surface area contributed by atoms with Crippen LogP contribution in [0.25, 0.3) is 11.0 Å². The molecule has 2 rings (SSSR count). The third kappa shape index (κ3) is 1.89. The van der Waals surface area contributed by atoms with Gasteiger partial charge in [0.1, 0.15) is 5.58 Å². The first kappa shape index (κ1) is 10.2. The Morgan fingerprint density at radius 1 is 1.27 bits per heavy atom. The maximum absolute atomic E-state index is 12.9. The van der Waals surface area contributed by atoms with Crippen molar-refractivity contribution in [3.05, 3.63) is 36.1 Å². The molecule has 1 heterocycles. The summed E-state index contributed by atoms with van der Waals surface area (Å²) in [6, 6.07) is 7.79. The van der Waals surface area contributed by atoms with E-state index in [1.807, 2.05) is 38.1 Å². The van der Waals surface area contributed by atoms with Crippen molar-refractivity contribution in [3.8, 4) is 0 Å². The van der Waals surface area contributed by atoms with Crippen LogP contribution in [0.5, 0.6) is 0 Å². The molecule has 0 radical (unpaired) electrons. The third-order valence-corrected chi connectivity index (χ3v) is 2.88. The van der Waals surface area contributed by atoms with Crippen molar-refractivity contribution in [2.24, 2.45) is 5.92 Å². The molecule has 2 heteroatoms. The summed E-state index contributed by atoms with van der Waals surface area (Å²) < 4.78 is 18.1. The average molecular weight is 206 g/mol. The lowest BCUT2D eigenvalue weighted by molar-refractivity contribution is 0.366. The molecule has 15 heavy (non-hydrogen) atoms. The number of benzene rings is 1. The molecule has 1 unspecified atom stereocenters. The maximum Gasteiger partial charge on any atom is 0.133 e. The van der Waals surface area contributed by atoms with Gasteiger partial charge in [0.15, 0.2) is 0 Å².